The Hall–Kier alpha value is -2.91. The Kier molecular flexibility index (Phi) is 6.31. The third-order valence-electron chi connectivity index (χ3n) is 7.22. The van der Waals surface area contributed by atoms with Gasteiger partial charge < -0.3 is 19.9 Å². The molecule has 2 fully saturated rings. The number of hydrogen-bond donors (Lipinski definition) is 2. The molecule has 2 aromatic rings. The van der Waals surface area contributed by atoms with Crippen LogP contribution in [0.1, 0.15) is 50.8 Å². The lowest BCUT2D eigenvalue weighted by Crippen LogP contribution is -2.51. The number of hydrogen-bond acceptors (Lipinski definition) is 7. The molecular weight excluding hydrogens is 468 g/mol. The van der Waals surface area contributed by atoms with Crippen molar-refractivity contribution in [2.45, 2.75) is 57.8 Å². The van der Waals surface area contributed by atoms with Crippen molar-refractivity contribution in [1.29, 1.82) is 0 Å². The molecule has 5 rings (SSSR count). The van der Waals surface area contributed by atoms with E-state index in [1.54, 1.807) is 0 Å². The molecule has 0 spiro atoms. The maximum atomic E-state index is 13.9. The Labute approximate surface area is 210 Å². The third-order valence-corrected chi connectivity index (χ3v) is 7.47. The molecule has 2 aliphatic heterocycles. The van der Waals surface area contributed by atoms with E-state index in [9.17, 15) is 9.59 Å². The van der Waals surface area contributed by atoms with Crippen LogP contribution in [0.4, 0.5) is 16.4 Å². The van der Waals surface area contributed by atoms with Crippen LogP contribution in [0.25, 0.3) is 0 Å². The standard InChI is InChI=1S/C25H31ClN6O3/c1-13(2)27-11-18(16-5-7-17(26)8-6-16)24(33)32-10-9-31(20-14(3)21(20)32)23-19-15(4)35-25(34)30-22(19)28-12-29-23/h5-8,12-15,18,20-21,27H,9-11H2,1-4H3,(H,28,29,30,34)/t14-,15+,18+,20+,21-/m0/s1. The van der Waals surface area contributed by atoms with Crippen LogP contribution in [0, 0.1) is 5.92 Å². The number of ether oxygens (including phenoxy) is 1. The van der Waals surface area contributed by atoms with E-state index < -0.39 is 12.2 Å². The van der Waals surface area contributed by atoms with Crippen LogP contribution in [-0.2, 0) is 9.53 Å². The number of carbonyl (C=O) groups excluding carboxylic acids is 2. The topological polar surface area (TPSA) is 99.7 Å². The summed E-state index contributed by atoms with van der Waals surface area (Å²) in [7, 11) is 0. The van der Waals surface area contributed by atoms with Gasteiger partial charge in [0, 0.05) is 36.6 Å². The Morgan fingerprint density at radius 3 is 2.66 bits per heavy atom. The zero-order valence-electron chi connectivity index (χ0n) is 20.4. The highest BCUT2D eigenvalue weighted by atomic mass is 35.5. The minimum absolute atomic E-state index is 0.102. The summed E-state index contributed by atoms with van der Waals surface area (Å²) in [5, 5.41) is 6.77. The van der Waals surface area contributed by atoms with Gasteiger partial charge in [-0.3, -0.25) is 10.1 Å². The highest BCUT2D eigenvalue weighted by Gasteiger charge is 2.59. The van der Waals surface area contributed by atoms with Crippen molar-refractivity contribution in [2.24, 2.45) is 5.92 Å². The Balaban J connectivity index is 1.39. The third kappa shape index (κ3) is 4.43. The van der Waals surface area contributed by atoms with Crippen LogP contribution in [-0.4, -0.2) is 64.6 Å². The van der Waals surface area contributed by atoms with Crippen molar-refractivity contribution < 1.29 is 14.3 Å². The van der Waals surface area contributed by atoms with Gasteiger partial charge in [-0.1, -0.05) is 44.5 Å². The van der Waals surface area contributed by atoms with Crippen molar-refractivity contribution in [3.05, 3.63) is 46.7 Å². The largest absolute Gasteiger partial charge is 0.441 e. The quantitative estimate of drug-likeness (QED) is 0.628. The number of fused-ring (bicyclic) bond motifs is 2. The molecule has 0 bridgehead atoms. The minimum Gasteiger partial charge on any atom is -0.441 e. The van der Waals surface area contributed by atoms with Crippen LogP contribution >= 0.6 is 11.6 Å². The molecule has 1 aromatic carbocycles. The SMILES string of the molecule is CC(C)NC[C@@H](C(=O)N1CCN(c2ncnc3c2[C@@H](C)OC(=O)N3)[C@@H]2[C@H](C)[C@@H]21)c1ccc(Cl)cc1. The average molecular weight is 499 g/mol. The molecule has 0 unspecified atom stereocenters. The maximum Gasteiger partial charge on any atom is 0.413 e. The number of halogens is 1. The second kappa shape index (κ2) is 9.28. The minimum atomic E-state index is -0.508. The van der Waals surface area contributed by atoms with Gasteiger partial charge >= 0.3 is 6.09 Å². The van der Waals surface area contributed by atoms with Gasteiger partial charge in [-0.15, -0.1) is 0 Å². The smallest absolute Gasteiger partial charge is 0.413 e. The molecule has 1 aliphatic carbocycles. The van der Waals surface area contributed by atoms with Gasteiger partial charge in [0.2, 0.25) is 5.91 Å². The second-order valence-corrected chi connectivity index (χ2v) is 10.3. The number of nitrogens with zero attached hydrogens (tertiary/aromatic N) is 4. The molecular formula is C25H31ClN6O3. The van der Waals surface area contributed by atoms with E-state index in [-0.39, 0.29) is 30.0 Å². The summed E-state index contributed by atoms with van der Waals surface area (Å²) in [6.07, 6.45) is 0.518. The van der Waals surface area contributed by atoms with Crippen LogP contribution in [0.2, 0.25) is 5.02 Å². The van der Waals surface area contributed by atoms with Crippen molar-refractivity contribution in [2.75, 3.05) is 29.9 Å². The lowest BCUT2D eigenvalue weighted by Gasteiger charge is -2.38. The normalized spacial score (nSPS) is 25.9. The molecule has 3 heterocycles. The molecule has 186 valence electrons. The number of rotatable bonds is 6. The number of piperazine rings is 1. The van der Waals surface area contributed by atoms with Gasteiger partial charge in [0.25, 0.3) is 0 Å². The first-order valence-corrected chi connectivity index (χ1v) is 12.5. The second-order valence-electron chi connectivity index (χ2n) is 9.86. The Bertz CT molecular complexity index is 1130. The van der Waals surface area contributed by atoms with Crippen molar-refractivity contribution >= 4 is 35.2 Å². The van der Waals surface area contributed by atoms with Crippen molar-refractivity contribution in [3.8, 4) is 0 Å². The van der Waals surface area contributed by atoms with E-state index in [1.165, 1.54) is 6.33 Å². The zero-order chi connectivity index (χ0) is 24.9. The monoisotopic (exact) mass is 498 g/mol. The summed E-state index contributed by atoms with van der Waals surface area (Å²) < 4.78 is 5.38. The Morgan fingerprint density at radius 2 is 1.94 bits per heavy atom. The molecule has 3 aliphatic rings. The van der Waals surface area contributed by atoms with Gasteiger partial charge in [-0.2, -0.15) is 0 Å². The lowest BCUT2D eigenvalue weighted by molar-refractivity contribution is -0.134. The molecule has 1 saturated carbocycles. The number of benzene rings is 1. The van der Waals surface area contributed by atoms with Gasteiger partial charge in [-0.05, 0) is 24.6 Å². The molecule has 0 radical (unpaired) electrons. The van der Waals surface area contributed by atoms with E-state index in [0.717, 1.165) is 16.9 Å². The number of aromatic nitrogens is 2. The highest BCUT2D eigenvalue weighted by molar-refractivity contribution is 6.30. The number of carbonyl (C=O) groups is 2. The van der Waals surface area contributed by atoms with Crippen LogP contribution in [0.15, 0.2) is 30.6 Å². The summed E-state index contributed by atoms with van der Waals surface area (Å²) in [6.45, 7) is 9.97. The first-order valence-electron chi connectivity index (χ1n) is 12.1. The number of amides is 2. The van der Waals surface area contributed by atoms with E-state index >= 15 is 0 Å². The van der Waals surface area contributed by atoms with Crippen molar-refractivity contribution in [1.82, 2.24) is 20.2 Å². The fourth-order valence-electron chi connectivity index (χ4n) is 5.41. The predicted molar refractivity (Wildman–Crippen MR) is 134 cm³/mol. The molecule has 1 aromatic heterocycles. The van der Waals surface area contributed by atoms with Crippen LogP contribution in [0.5, 0.6) is 0 Å². The fourth-order valence-corrected chi connectivity index (χ4v) is 5.53. The summed E-state index contributed by atoms with van der Waals surface area (Å²) in [5.74, 6) is 1.40. The summed E-state index contributed by atoms with van der Waals surface area (Å²) in [5.41, 5.74) is 1.75. The first kappa shape index (κ1) is 23.8. The first-order chi connectivity index (χ1) is 16.8. The van der Waals surface area contributed by atoms with Gasteiger partial charge in [0.15, 0.2) is 0 Å². The average Bonchev–Trinajstić information content (AvgIpc) is 3.50. The summed E-state index contributed by atoms with van der Waals surface area (Å²) in [6, 6.07) is 8.10. The molecule has 2 N–H and O–H groups in total. The lowest BCUT2D eigenvalue weighted by atomic mass is 9.96. The van der Waals surface area contributed by atoms with E-state index in [4.69, 9.17) is 16.3 Å². The van der Waals surface area contributed by atoms with E-state index in [1.807, 2.05) is 36.1 Å². The molecule has 5 atom stereocenters. The summed E-state index contributed by atoms with van der Waals surface area (Å²) in [4.78, 5) is 38.8. The predicted octanol–water partition coefficient (Wildman–Crippen LogP) is 3.57. The van der Waals surface area contributed by atoms with E-state index in [2.05, 4.69) is 46.3 Å². The van der Waals surface area contributed by atoms with Crippen molar-refractivity contribution in [3.63, 3.8) is 0 Å². The van der Waals surface area contributed by atoms with E-state index in [0.29, 0.717) is 36.4 Å². The fraction of sp³-hybridized carbons (Fsp3) is 0.520. The molecule has 10 heteroatoms. The summed E-state index contributed by atoms with van der Waals surface area (Å²) >= 11 is 6.11. The van der Waals surface area contributed by atoms with Gasteiger partial charge in [0.05, 0.1) is 23.6 Å². The maximum absolute atomic E-state index is 13.9. The Morgan fingerprint density at radius 1 is 1.20 bits per heavy atom. The highest BCUT2D eigenvalue weighted by Crippen LogP contribution is 2.47. The molecule has 2 amide bonds. The number of nitrogens with one attached hydrogen (secondary N) is 2. The number of cyclic esters (lactones) is 1. The molecule has 1 saturated heterocycles. The van der Waals surface area contributed by atoms with Gasteiger partial charge in [-0.25, -0.2) is 14.8 Å². The zero-order valence-corrected chi connectivity index (χ0v) is 21.1. The van der Waals surface area contributed by atoms with Crippen LogP contribution < -0.4 is 15.5 Å². The number of anilines is 2. The van der Waals surface area contributed by atoms with Gasteiger partial charge in [0.1, 0.15) is 24.1 Å². The molecule has 9 nitrogen and oxygen atoms in total. The van der Waals surface area contributed by atoms with Crippen LogP contribution in [0.3, 0.4) is 0 Å². The molecule has 35 heavy (non-hydrogen) atoms.